The lowest BCUT2D eigenvalue weighted by Crippen LogP contribution is -2.45. The molecule has 2 aromatic rings. The number of hydrogen-bond acceptors (Lipinski definition) is 3. The molecular weight excluding hydrogens is 376 g/mol. The van der Waals surface area contributed by atoms with Crippen LogP contribution >= 0.6 is 23.8 Å². The van der Waals surface area contributed by atoms with E-state index in [9.17, 15) is 0 Å². The van der Waals surface area contributed by atoms with Gasteiger partial charge in [-0.3, -0.25) is 5.43 Å². The third-order valence-electron chi connectivity index (χ3n) is 5.15. The summed E-state index contributed by atoms with van der Waals surface area (Å²) in [4.78, 5) is 2.31. The summed E-state index contributed by atoms with van der Waals surface area (Å²) < 4.78 is 0. The van der Waals surface area contributed by atoms with Gasteiger partial charge in [0.2, 0.25) is 0 Å². The van der Waals surface area contributed by atoms with Gasteiger partial charge in [-0.25, -0.2) is 0 Å². The average molecular weight is 401 g/mol. The number of hydrazone groups is 1. The Morgan fingerprint density at radius 2 is 2.00 bits per heavy atom. The lowest BCUT2D eigenvalue weighted by molar-refractivity contribution is 0.395. The molecule has 1 aliphatic heterocycles. The molecule has 0 saturated heterocycles. The standard InChI is InChI=1S/C21H25ClN4S/c1-14-12-21(2,3)26(4)19-11-18(22)15(10-17(14)19)13-23-25-20(27)24-16-8-6-5-7-9-16/h5-11,13-14H,12H2,1-4H3,(H2,24,25,27)/b23-13-. The van der Waals surface area contributed by atoms with Crippen molar-refractivity contribution in [3.8, 4) is 0 Å². The molecule has 0 aliphatic carbocycles. The zero-order valence-electron chi connectivity index (χ0n) is 16.1. The van der Waals surface area contributed by atoms with E-state index in [0.717, 1.165) is 17.7 Å². The van der Waals surface area contributed by atoms with Crippen LogP contribution in [0.25, 0.3) is 0 Å². The molecule has 0 saturated carbocycles. The molecule has 1 heterocycles. The van der Waals surface area contributed by atoms with Crippen molar-refractivity contribution in [2.24, 2.45) is 5.10 Å². The van der Waals surface area contributed by atoms with E-state index in [1.54, 1.807) is 6.21 Å². The van der Waals surface area contributed by atoms with E-state index in [2.05, 4.69) is 54.6 Å². The number of rotatable bonds is 3. The number of fused-ring (bicyclic) bond motifs is 1. The summed E-state index contributed by atoms with van der Waals surface area (Å²) in [5.74, 6) is 0.462. The highest BCUT2D eigenvalue weighted by Gasteiger charge is 2.34. The highest BCUT2D eigenvalue weighted by Crippen LogP contribution is 2.44. The number of anilines is 2. The first kappa shape index (κ1) is 19.6. The number of para-hydroxylation sites is 1. The summed E-state index contributed by atoms with van der Waals surface area (Å²) in [6.45, 7) is 6.79. The predicted molar refractivity (Wildman–Crippen MR) is 120 cm³/mol. The maximum Gasteiger partial charge on any atom is 0.191 e. The lowest BCUT2D eigenvalue weighted by atomic mass is 9.80. The van der Waals surface area contributed by atoms with E-state index in [1.807, 2.05) is 36.4 Å². The maximum atomic E-state index is 6.52. The van der Waals surface area contributed by atoms with Crippen LogP contribution < -0.4 is 15.6 Å². The largest absolute Gasteiger partial charge is 0.369 e. The van der Waals surface area contributed by atoms with Crippen LogP contribution in [0.5, 0.6) is 0 Å². The summed E-state index contributed by atoms with van der Waals surface area (Å²) in [5.41, 5.74) is 7.24. The van der Waals surface area contributed by atoms with E-state index < -0.39 is 0 Å². The predicted octanol–water partition coefficient (Wildman–Crippen LogP) is 5.38. The van der Waals surface area contributed by atoms with Crippen molar-refractivity contribution < 1.29 is 0 Å². The molecule has 1 unspecified atom stereocenters. The fourth-order valence-corrected chi connectivity index (χ4v) is 3.92. The molecule has 27 heavy (non-hydrogen) atoms. The lowest BCUT2D eigenvalue weighted by Gasteiger charge is -2.45. The van der Waals surface area contributed by atoms with Crippen LogP contribution in [-0.4, -0.2) is 23.9 Å². The van der Waals surface area contributed by atoms with E-state index in [4.69, 9.17) is 23.8 Å². The van der Waals surface area contributed by atoms with Crippen LogP contribution in [0.15, 0.2) is 47.6 Å². The number of nitrogens with zero attached hydrogens (tertiary/aromatic N) is 2. The smallest absolute Gasteiger partial charge is 0.191 e. The number of halogens is 1. The Labute approximate surface area is 171 Å². The van der Waals surface area contributed by atoms with Gasteiger partial charge < -0.3 is 10.2 Å². The molecule has 3 rings (SSSR count). The average Bonchev–Trinajstić information content (AvgIpc) is 2.61. The molecule has 0 radical (unpaired) electrons. The summed E-state index contributed by atoms with van der Waals surface area (Å²) in [7, 11) is 2.13. The van der Waals surface area contributed by atoms with Crippen molar-refractivity contribution in [2.75, 3.05) is 17.3 Å². The zero-order chi connectivity index (χ0) is 19.6. The van der Waals surface area contributed by atoms with Crippen LogP contribution in [0.4, 0.5) is 11.4 Å². The number of hydrogen-bond donors (Lipinski definition) is 2. The second-order valence-corrected chi connectivity index (χ2v) is 8.41. The van der Waals surface area contributed by atoms with Gasteiger partial charge in [-0.15, -0.1) is 0 Å². The van der Waals surface area contributed by atoms with Crippen molar-refractivity contribution >= 4 is 46.5 Å². The van der Waals surface area contributed by atoms with Gasteiger partial charge in [0, 0.05) is 29.5 Å². The first-order valence-electron chi connectivity index (χ1n) is 9.00. The molecule has 6 heteroatoms. The van der Waals surface area contributed by atoms with Crippen molar-refractivity contribution in [3.05, 3.63) is 58.6 Å². The second-order valence-electron chi connectivity index (χ2n) is 7.60. The third kappa shape index (κ3) is 4.42. The van der Waals surface area contributed by atoms with Gasteiger partial charge in [0.15, 0.2) is 5.11 Å². The Bertz CT molecular complexity index is 864. The summed E-state index contributed by atoms with van der Waals surface area (Å²) in [6.07, 6.45) is 2.81. The topological polar surface area (TPSA) is 39.7 Å². The van der Waals surface area contributed by atoms with Gasteiger partial charge in [0.05, 0.1) is 11.2 Å². The van der Waals surface area contributed by atoms with Crippen molar-refractivity contribution in [3.63, 3.8) is 0 Å². The summed E-state index contributed by atoms with van der Waals surface area (Å²) in [6, 6.07) is 13.9. The van der Waals surface area contributed by atoms with E-state index in [0.29, 0.717) is 16.1 Å². The first-order chi connectivity index (χ1) is 12.8. The Hall–Kier alpha value is -2.11. The molecule has 0 aromatic heterocycles. The van der Waals surface area contributed by atoms with Crippen molar-refractivity contribution in [1.82, 2.24) is 5.43 Å². The number of nitrogens with one attached hydrogen (secondary N) is 2. The van der Waals surface area contributed by atoms with Crippen LogP contribution in [0.1, 0.15) is 44.2 Å². The fraction of sp³-hybridized carbons (Fsp3) is 0.333. The molecule has 0 amide bonds. The minimum absolute atomic E-state index is 0.113. The number of thiocarbonyl (C=S) groups is 1. The van der Waals surface area contributed by atoms with Crippen LogP contribution in [0.2, 0.25) is 5.02 Å². The second kappa shape index (κ2) is 7.87. The van der Waals surface area contributed by atoms with Gasteiger partial charge in [-0.05, 0) is 68.2 Å². The minimum atomic E-state index is 0.113. The third-order valence-corrected chi connectivity index (χ3v) is 5.67. The fourth-order valence-electron chi connectivity index (χ4n) is 3.54. The molecule has 1 aliphatic rings. The van der Waals surface area contributed by atoms with E-state index in [-0.39, 0.29) is 5.54 Å². The van der Waals surface area contributed by atoms with Gasteiger partial charge >= 0.3 is 0 Å². The molecule has 2 N–H and O–H groups in total. The molecule has 142 valence electrons. The molecule has 2 aromatic carbocycles. The van der Waals surface area contributed by atoms with Crippen LogP contribution in [0.3, 0.4) is 0 Å². The molecule has 0 bridgehead atoms. The Kier molecular flexibility index (Phi) is 5.72. The SMILES string of the molecule is CC1CC(C)(C)N(C)c2cc(Cl)c(/C=N\NC(=S)Nc3ccccc3)cc21. The molecule has 0 spiro atoms. The van der Waals surface area contributed by atoms with Crippen molar-refractivity contribution in [1.29, 1.82) is 0 Å². The Balaban J connectivity index is 1.73. The van der Waals surface area contributed by atoms with Gasteiger partial charge in [-0.1, -0.05) is 36.7 Å². The highest BCUT2D eigenvalue weighted by atomic mass is 35.5. The Morgan fingerprint density at radius 3 is 2.70 bits per heavy atom. The van der Waals surface area contributed by atoms with Crippen LogP contribution in [-0.2, 0) is 0 Å². The molecule has 1 atom stereocenters. The normalized spacial score (nSPS) is 18.3. The van der Waals surface area contributed by atoms with E-state index in [1.165, 1.54) is 11.3 Å². The highest BCUT2D eigenvalue weighted by molar-refractivity contribution is 7.80. The molecular formula is C21H25ClN4S. The monoisotopic (exact) mass is 400 g/mol. The zero-order valence-corrected chi connectivity index (χ0v) is 17.7. The quantitative estimate of drug-likeness (QED) is 0.412. The van der Waals surface area contributed by atoms with E-state index >= 15 is 0 Å². The minimum Gasteiger partial charge on any atom is -0.369 e. The van der Waals surface area contributed by atoms with Crippen LogP contribution in [0, 0.1) is 0 Å². The van der Waals surface area contributed by atoms with Gasteiger partial charge in [0.1, 0.15) is 0 Å². The molecule has 4 nitrogen and oxygen atoms in total. The summed E-state index contributed by atoms with van der Waals surface area (Å²) in [5, 5.41) is 8.44. The Morgan fingerprint density at radius 1 is 1.30 bits per heavy atom. The maximum absolute atomic E-state index is 6.52. The number of benzene rings is 2. The van der Waals surface area contributed by atoms with Gasteiger partial charge in [0.25, 0.3) is 0 Å². The first-order valence-corrected chi connectivity index (χ1v) is 9.79. The van der Waals surface area contributed by atoms with Crippen molar-refractivity contribution in [2.45, 2.75) is 38.6 Å². The van der Waals surface area contributed by atoms with Gasteiger partial charge in [-0.2, -0.15) is 5.10 Å². The molecule has 0 fully saturated rings. The summed E-state index contributed by atoms with van der Waals surface area (Å²) >= 11 is 11.8.